The van der Waals surface area contributed by atoms with Crippen LogP contribution in [0.25, 0.3) is 16.9 Å². The summed E-state index contributed by atoms with van der Waals surface area (Å²) < 4.78 is 1.70. The molecule has 1 aliphatic heterocycles. The normalized spacial score (nSPS) is 21.6. The van der Waals surface area contributed by atoms with Gasteiger partial charge in [-0.2, -0.15) is 5.10 Å². The SMILES string of the molecule is CC(C)c1cc(-c2ccc(Cl)cc2)nn2cc(C(=O)N3CCN(C(=O)[C@H]4C[C@@H](O)C4)CC3(C)C)nc12. The van der Waals surface area contributed by atoms with Gasteiger partial charge >= 0.3 is 0 Å². The second-order valence-electron chi connectivity index (χ2n) is 10.9. The Balaban J connectivity index is 1.42. The summed E-state index contributed by atoms with van der Waals surface area (Å²) >= 11 is 6.06. The minimum atomic E-state index is -0.550. The van der Waals surface area contributed by atoms with Crippen LogP contribution in [0.5, 0.6) is 0 Å². The summed E-state index contributed by atoms with van der Waals surface area (Å²) in [5, 5.41) is 15.0. The highest BCUT2D eigenvalue weighted by Crippen LogP contribution is 2.32. The first-order valence-corrected chi connectivity index (χ1v) is 12.9. The average molecular weight is 510 g/mol. The summed E-state index contributed by atoms with van der Waals surface area (Å²) in [6.07, 6.45) is 2.40. The maximum absolute atomic E-state index is 13.7. The van der Waals surface area contributed by atoms with Crippen LogP contribution < -0.4 is 0 Å². The number of nitrogens with zero attached hydrogens (tertiary/aromatic N) is 5. The van der Waals surface area contributed by atoms with E-state index < -0.39 is 5.54 Å². The third-order valence-electron chi connectivity index (χ3n) is 7.36. The van der Waals surface area contributed by atoms with Gasteiger partial charge in [-0.1, -0.05) is 37.6 Å². The van der Waals surface area contributed by atoms with Gasteiger partial charge in [0.05, 0.1) is 23.5 Å². The van der Waals surface area contributed by atoms with Crippen molar-refractivity contribution in [1.29, 1.82) is 0 Å². The summed E-state index contributed by atoms with van der Waals surface area (Å²) in [5.74, 6) is -0.0112. The molecule has 9 heteroatoms. The lowest BCUT2D eigenvalue weighted by atomic mass is 9.81. The van der Waals surface area contributed by atoms with Crippen molar-refractivity contribution in [2.24, 2.45) is 5.92 Å². The van der Waals surface area contributed by atoms with Gasteiger partial charge in [0.1, 0.15) is 5.69 Å². The van der Waals surface area contributed by atoms with Crippen LogP contribution >= 0.6 is 11.6 Å². The van der Waals surface area contributed by atoms with Crippen molar-refractivity contribution in [2.75, 3.05) is 19.6 Å². The standard InChI is InChI=1S/C27H32ClN5O3/c1-16(2)21-13-22(17-5-7-19(28)8-6-17)30-33-14-23(29-24(21)33)26(36)32-10-9-31(15-27(32,3)4)25(35)18-11-20(34)12-18/h5-8,13-14,16,18,20,34H,9-12,15H2,1-4H3/t18-,20+. The van der Waals surface area contributed by atoms with Crippen LogP contribution in [0, 0.1) is 5.92 Å². The van der Waals surface area contributed by atoms with Crippen molar-refractivity contribution in [1.82, 2.24) is 24.4 Å². The van der Waals surface area contributed by atoms with Gasteiger partial charge in [0, 0.05) is 41.7 Å². The van der Waals surface area contributed by atoms with Crippen LogP contribution in [0.15, 0.2) is 36.5 Å². The van der Waals surface area contributed by atoms with E-state index in [1.165, 1.54) is 0 Å². The van der Waals surface area contributed by atoms with E-state index in [4.69, 9.17) is 21.7 Å². The topological polar surface area (TPSA) is 91.0 Å². The molecule has 1 saturated heterocycles. The number of rotatable bonds is 4. The molecule has 8 nitrogen and oxygen atoms in total. The smallest absolute Gasteiger partial charge is 0.274 e. The number of piperazine rings is 1. The maximum atomic E-state index is 13.7. The summed E-state index contributed by atoms with van der Waals surface area (Å²) in [6.45, 7) is 9.51. The Bertz CT molecular complexity index is 1310. The molecule has 2 amide bonds. The number of halogens is 1. The average Bonchev–Trinajstić information content (AvgIpc) is 3.24. The Hall–Kier alpha value is -2.97. The maximum Gasteiger partial charge on any atom is 0.274 e. The number of benzene rings is 1. The zero-order valence-corrected chi connectivity index (χ0v) is 21.9. The first-order valence-electron chi connectivity index (χ1n) is 12.5. The minimum absolute atomic E-state index is 0.0775. The number of aliphatic hydroxyl groups is 1. The van der Waals surface area contributed by atoms with Gasteiger partial charge in [0.2, 0.25) is 5.91 Å². The molecule has 190 valence electrons. The highest BCUT2D eigenvalue weighted by atomic mass is 35.5. The fraction of sp³-hybridized carbons (Fsp3) is 0.481. The summed E-state index contributed by atoms with van der Waals surface area (Å²) in [7, 11) is 0. The van der Waals surface area contributed by atoms with E-state index >= 15 is 0 Å². The fourth-order valence-corrected chi connectivity index (χ4v) is 5.32. The van der Waals surface area contributed by atoms with Crippen LogP contribution in [0.4, 0.5) is 0 Å². The number of carbonyl (C=O) groups excluding carboxylic acids is 2. The van der Waals surface area contributed by atoms with Crippen molar-refractivity contribution in [3.8, 4) is 11.3 Å². The van der Waals surface area contributed by atoms with E-state index in [2.05, 4.69) is 13.8 Å². The molecule has 2 aromatic heterocycles. The lowest BCUT2D eigenvalue weighted by Crippen LogP contribution is -2.63. The zero-order chi connectivity index (χ0) is 25.8. The van der Waals surface area contributed by atoms with Crippen molar-refractivity contribution < 1.29 is 14.7 Å². The van der Waals surface area contributed by atoms with Crippen LogP contribution in [0.3, 0.4) is 0 Å². The van der Waals surface area contributed by atoms with Crippen LogP contribution in [0.2, 0.25) is 5.02 Å². The third-order valence-corrected chi connectivity index (χ3v) is 7.61. The molecule has 0 spiro atoms. The number of hydrogen-bond donors (Lipinski definition) is 1. The number of hydrogen-bond acceptors (Lipinski definition) is 5. The molecule has 0 radical (unpaired) electrons. The van der Waals surface area contributed by atoms with Gasteiger partial charge in [-0.3, -0.25) is 9.59 Å². The molecule has 2 fully saturated rings. The molecule has 5 rings (SSSR count). The number of aliphatic hydroxyl groups excluding tert-OH is 1. The van der Waals surface area contributed by atoms with Gasteiger partial charge in [-0.25, -0.2) is 9.50 Å². The lowest BCUT2D eigenvalue weighted by molar-refractivity contribution is -0.146. The first kappa shape index (κ1) is 24.7. The molecule has 1 N–H and O–H groups in total. The number of carbonyl (C=O) groups is 2. The third kappa shape index (κ3) is 4.48. The van der Waals surface area contributed by atoms with Crippen LogP contribution in [0.1, 0.15) is 62.5 Å². The first-order chi connectivity index (χ1) is 17.0. The van der Waals surface area contributed by atoms with Gasteiger partial charge in [0.15, 0.2) is 5.65 Å². The fourth-order valence-electron chi connectivity index (χ4n) is 5.20. The van der Waals surface area contributed by atoms with E-state index in [9.17, 15) is 14.7 Å². The Morgan fingerprint density at radius 1 is 1.14 bits per heavy atom. The summed E-state index contributed by atoms with van der Waals surface area (Å²) in [5.41, 5.74) is 3.19. The molecular formula is C27H32ClN5O3. The lowest BCUT2D eigenvalue weighted by Gasteiger charge is -2.48. The molecular weight excluding hydrogens is 478 g/mol. The van der Waals surface area contributed by atoms with E-state index in [1.807, 2.05) is 54.0 Å². The number of aromatic nitrogens is 3. The van der Waals surface area contributed by atoms with Gasteiger partial charge < -0.3 is 14.9 Å². The Morgan fingerprint density at radius 2 is 1.83 bits per heavy atom. The largest absolute Gasteiger partial charge is 0.393 e. The van der Waals surface area contributed by atoms with Gasteiger partial charge in [0.25, 0.3) is 5.91 Å². The molecule has 36 heavy (non-hydrogen) atoms. The van der Waals surface area contributed by atoms with E-state index in [1.54, 1.807) is 10.7 Å². The highest BCUT2D eigenvalue weighted by Gasteiger charge is 2.43. The Morgan fingerprint density at radius 3 is 2.44 bits per heavy atom. The molecule has 2 aliphatic rings. The second-order valence-corrected chi connectivity index (χ2v) is 11.3. The monoisotopic (exact) mass is 509 g/mol. The quantitative estimate of drug-likeness (QED) is 0.574. The minimum Gasteiger partial charge on any atom is -0.393 e. The molecule has 0 atom stereocenters. The van der Waals surface area contributed by atoms with Crippen molar-refractivity contribution in [3.05, 3.63) is 52.8 Å². The summed E-state index contributed by atoms with van der Waals surface area (Å²) in [6, 6.07) is 9.55. The van der Waals surface area contributed by atoms with Crippen molar-refractivity contribution in [2.45, 2.75) is 58.1 Å². The molecule has 1 aliphatic carbocycles. The van der Waals surface area contributed by atoms with Gasteiger partial charge in [-0.15, -0.1) is 0 Å². The van der Waals surface area contributed by atoms with Gasteiger partial charge in [-0.05, 0) is 50.8 Å². The predicted octanol–water partition coefficient (Wildman–Crippen LogP) is 4.01. The van der Waals surface area contributed by atoms with Crippen molar-refractivity contribution in [3.63, 3.8) is 0 Å². The van der Waals surface area contributed by atoms with Crippen molar-refractivity contribution >= 4 is 29.1 Å². The molecule has 3 heterocycles. The number of fused-ring (bicyclic) bond motifs is 1. The van der Waals surface area contributed by atoms with Crippen LogP contribution in [-0.4, -0.2) is 72.6 Å². The van der Waals surface area contributed by atoms with Crippen LogP contribution in [-0.2, 0) is 4.79 Å². The molecule has 0 bridgehead atoms. The Labute approximate surface area is 215 Å². The summed E-state index contributed by atoms with van der Waals surface area (Å²) in [4.78, 5) is 34.8. The molecule has 3 aromatic rings. The molecule has 0 unspecified atom stereocenters. The number of amides is 2. The second kappa shape index (κ2) is 9.16. The zero-order valence-electron chi connectivity index (χ0n) is 21.1. The van der Waals surface area contributed by atoms with E-state index in [-0.39, 0.29) is 29.8 Å². The Kier molecular flexibility index (Phi) is 6.29. The number of imidazole rings is 1. The molecule has 1 aromatic carbocycles. The van der Waals surface area contributed by atoms with E-state index in [0.29, 0.717) is 48.8 Å². The predicted molar refractivity (Wildman–Crippen MR) is 138 cm³/mol. The molecule has 1 saturated carbocycles. The van der Waals surface area contributed by atoms with E-state index in [0.717, 1.165) is 16.8 Å². The highest BCUT2D eigenvalue weighted by molar-refractivity contribution is 6.30.